The Morgan fingerprint density at radius 2 is 1.00 bits per heavy atom. The van der Waals surface area contributed by atoms with Crippen LogP contribution in [0, 0.1) is 0 Å². The zero-order chi connectivity index (χ0) is 29.8. The molecule has 3 rings (SSSR count). The van der Waals surface area contributed by atoms with Gasteiger partial charge >= 0.3 is 29.8 Å². The predicted molar refractivity (Wildman–Crippen MR) is 143 cm³/mol. The van der Waals surface area contributed by atoms with E-state index in [4.69, 9.17) is 28.4 Å². The van der Waals surface area contributed by atoms with Gasteiger partial charge in [0.25, 0.3) is 0 Å². The highest BCUT2D eigenvalue weighted by Crippen LogP contribution is 2.30. The van der Waals surface area contributed by atoms with Crippen LogP contribution in [0.3, 0.4) is 0 Å². The molecule has 0 aliphatic heterocycles. The molecule has 0 atom stereocenters. The Bertz CT molecular complexity index is 1490. The summed E-state index contributed by atoms with van der Waals surface area (Å²) in [4.78, 5) is 59.4. The van der Waals surface area contributed by atoms with E-state index in [0.717, 1.165) is 24.3 Å². The zero-order valence-corrected chi connectivity index (χ0v) is 21.4. The van der Waals surface area contributed by atoms with Crippen molar-refractivity contribution in [2.24, 2.45) is 0 Å². The van der Waals surface area contributed by atoms with Crippen molar-refractivity contribution in [2.45, 2.75) is 0 Å². The van der Waals surface area contributed by atoms with E-state index in [1.54, 1.807) is 0 Å². The van der Waals surface area contributed by atoms with Crippen LogP contribution in [0.25, 0.3) is 0 Å². The topological polar surface area (TPSA) is 141 Å². The van der Waals surface area contributed by atoms with E-state index in [-0.39, 0.29) is 40.9 Å². The third-order valence-corrected chi connectivity index (χ3v) is 4.86. The highest BCUT2D eigenvalue weighted by Gasteiger charge is 2.17. The van der Waals surface area contributed by atoms with Gasteiger partial charge in [-0.2, -0.15) is 0 Å². The lowest BCUT2D eigenvalue weighted by atomic mass is 10.2. The van der Waals surface area contributed by atoms with Crippen LogP contribution in [0.4, 0.5) is 0 Å². The molecule has 0 radical (unpaired) electrons. The first-order valence-electron chi connectivity index (χ1n) is 11.6. The van der Waals surface area contributed by atoms with Crippen LogP contribution in [0.1, 0.15) is 20.7 Å². The van der Waals surface area contributed by atoms with Crippen LogP contribution in [-0.2, 0) is 19.1 Å². The molecule has 0 aromatic heterocycles. The number of benzene rings is 3. The summed E-state index contributed by atoms with van der Waals surface area (Å²) in [6.07, 6.45) is 2.82. The van der Waals surface area contributed by atoms with Crippen molar-refractivity contribution in [1.82, 2.24) is 0 Å². The van der Waals surface area contributed by atoms with E-state index < -0.39 is 29.8 Å². The van der Waals surface area contributed by atoms with Crippen molar-refractivity contribution >= 4 is 29.8 Å². The summed E-state index contributed by atoms with van der Waals surface area (Å²) in [5, 5.41) is 0. The Morgan fingerprint density at radius 1 is 0.537 bits per heavy atom. The lowest BCUT2D eigenvalue weighted by Gasteiger charge is -2.11. The molecule has 208 valence electrons. The van der Waals surface area contributed by atoms with E-state index in [1.807, 2.05) is 0 Å². The maximum absolute atomic E-state index is 12.7. The summed E-state index contributed by atoms with van der Waals surface area (Å²) in [5.41, 5.74) is 0.211. The first-order chi connectivity index (χ1) is 19.7. The number of hydrogen-bond acceptors (Lipinski definition) is 11. The fraction of sp³-hybridized carbons (Fsp3) is 0.0333. The average Bonchev–Trinajstić information content (AvgIpc) is 2.98. The minimum absolute atomic E-state index is 0.0166. The number of hydrogen-bond donors (Lipinski definition) is 0. The number of ether oxygens (including phenoxy) is 6. The van der Waals surface area contributed by atoms with Crippen LogP contribution >= 0.6 is 0 Å². The van der Waals surface area contributed by atoms with Gasteiger partial charge in [-0.1, -0.05) is 19.7 Å². The second-order valence-corrected chi connectivity index (χ2v) is 7.62. The van der Waals surface area contributed by atoms with Gasteiger partial charge in [0.05, 0.1) is 11.1 Å². The van der Waals surface area contributed by atoms with Crippen LogP contribution < -0.4 is 23.7 Å². The molecular formula is C30H22O11. The molecule has 0 heterocycles. The monoisotopic (exact) mass is 558 g/mol. The second-order valence-electron chi connectivity index (χ2n) is 7.62. The second kappa shape index (κ2) is 14.3. The molecule has 11 nitrogen and oxygen atoms in total. The molecule has 0 aliphatic rings. The fourth-order valence-corrected chi connectivity index (χ4v) is 2.91. The number of carbonyl (C=O) groups is 5. The molecule has 0 unspecified atom stereocenters. The Balaban J connectivity index is 1.61. The van der Waals surface area contributed by atoms with E-state index in [9.17, 15) is 24.0 Å². The third-order valence-electron chi connectivity index (χ3n) is 4.86. The summed E-state index contributed by atoms with van der Waals surface area (Å²) in [6.45, 7) is 9.55. The number of esters is 5. The summed E-state index contributed by atoms with van der Waals surface area (Å²) >= 11 is 0. The van der Waals surface area contributed by atoms with Gasteiger partial charge in [-0.05, 0) is 66.7 Å². The van der Waals surface area contributed by atoms with Gasteiger partial charge in [-0.15, -0.1) is 0 Å². The molecule has 0 aliphatic carbocycles. The van der Waals surface area contributed by atoms with Crippen LogP contribution in [-0.4, -0.2) is 36.6 Å². The summed E-state index contributed by atoms with van der Waals surface area (Å²) in [7, 11) is 0. The van der Waals surface area contributed by atoms with Crippen molar-refractivity contribution in [2.75, 3.05) is 6.79 Å². The van der Waals surface area contributed by atoms with E-state index >= 15 is 0 Å². The molecule has 3 aromatic carbocycles. The van der Waals surface area contributed by atoms with Crippen molar-refractivity contribution < 1.29 is 52.4 Å². The van der Waals surface area contributed by atoms with Crippen LogP contribution in [0.2, 0.25) is 0 Å². The van der Waals surface area contributed by atoms with Crippen molar-refractivity contribution in [3.05, 3.63) is 116 Å². The van der Waals surface area contributed by atoms with Gasteiger partial charge in [0.1, 0.15) is 17.2 Å². The standard InChI is InChI=1S/C30H22O11/c1-4-26(31)37-18-36-21-10-7-19(8-11-21)29(34)38-22-12-14-23(15-13-22)39-30(35)20-9-16-24(40-27(32)5-2)25(17-20)41-28(33)6-3/h4-17H,1-3,18H2. The smallest absolute Gasteiger partial charge is 0.343 e. The first kappa shape index (κ1) is 29.6. The van der Waals surface area contributed by atoms with Gasteiger partial charge in [0.15, 0.2) is 11.5 Å². The van der Waals surface area contributed by atoms with E-state index in [0.29, 0.717) is 5.75 Å². The third kappa shape index (κ3) is 8.79. The quantitative estimate of drug-likeness (QED) is 0.135. The summed E-state index contributed by atoms with van der Waals surface area (Å²) in [5.74, 6) is -3.40. The molecule has 0 saturated heterocycles. The highest BCUT2D eigenvalue weighted by atomic mass is 16.7. The molecule has 3 aromatic rings. The van der Waals surface area contributed by atoms with Gasteiger partial charge in [-0.25, -0.2) is 24.0 Å². The van der Waals surface area contributed by atoms with Crippen molar-refractivity contribution in [3.63, 3.8) is 0 Å². The molecule has 0 fully saturated rings. The van der Waals surface area contributed by atoms with Crippen LogP contribution in [0.15, 0.2) is 105 Å². The molecule has 0 N–H and O–H groups in total. The highest BCUT2D eigenvalue weighted by molar-refractivity contribution is 5.93. The summed E-state index contributed by atoms with van der Waals surface area (Å²) < 4.78 is 30.7. The average molecular weight is 558 g/mol. The Labute approximate surface area is 233 Å². The molecule has 41 heavy (non-hydrogen) atoms. The first-order valence-corrected chi connectivity index (χ1v) is 11.6. The van der Waals surface area contributed by atoms with E-state index in [1.165, 1.54) is 60.7 Å². The molecule has 11 heteroatoms. The molecular weight excluding hydrogens is 536 g/mol. The summed E-state index contributed by atoms with van der Waals surface area (Å²) in [6, 6.07) is 15.3. The predicted octanol–water partition coefficient (Wildman–Crippen LogP) is 4.37. The Kier molecular flexibility index (Phi) is 10.3. The SMILES string of the molecule is C=CC(=O)OCOc1ccc(C(=O)Oc2ccc(OC(=O)c3ccc(OC(=O)C=C)c(OC(=O)C=C)c3)cc2)cc1. The zero-order valence-electron chi connectivity index (χ0n) is 21.4. The number of carbonyl (C=O) groups excluding carboxylic acids is 5. The normalized spacial score (nSPS) is 9.85. The molecule has 0 saturated carbocycles. The maximum atomic E-state index is 12.7. The van der Waals surface area contributed by atoms with Gasteiger partial charge in [0.2, 0.25) is 6.79 Å². The van der Waals surface area contributed by atoms with Crippen molar-refractivity contribution in [1.29, 1.82) is 0 Å². The fourth-order valence-electron chi connectivity index (χ4n) is 2.91. The van der Waals surface area contributed by atoms with Gasteiger partial charge in [0, 0.05) is 18.2 Å². The minimum atomic E-state index is -0.840. The lowest BCUT2D eigenvalue weighted by Crippen LogP contribution is -2.12. The molecule has 0 spiro atoms. The van der Waals surface area contributed by atoms with Gasteiger partial charge in [-0.3, -0.25) is 0 Å². The van der Waals surface area contributed by atoms with Gasteiger partial charge < -0.3 is 28.4 Å². The maximum Gasteiger partial charge on any atom is 0.343 e. The molecule has 0 bridgehead atoms. The largest absolute Gasteiger partial charge is 0.457 e. The van der Waals surface area contributed by atoms with Crippen molar-refractivity contribution in [3.8, 4) is 28.7 Å². The molecule has 0 amide bonds. The Morgan fingerprint density at radius 3 is 1.54 bits per heavy atom. The Hall–Kier alpha value is -5.97. The lowest BCUT2D eigenvalue weighted by molar-refractivity contribution is -0.144. The van der Waals surface area contributed by atoms with Crippen LogP contribution in [0.5, 0.6) is 28.7 Å². The number of rotatable bonds is 12. The minimum Gasteiger partial charge on any atom is -0.457 e. The van der Waals surface area contributed by atoms with E-state index in [2.05, 4.69) is 19.7 Å².